The van der Waals surface area contributed by atoms with Gasteiger partial charge in [0.05, 0.1) is 0 Å². The van der Waals surface area contributed by atoms with E-state index in [4.69, 9.17) is 4.74 Å². The second kappa shape index (κ2) is 5.96. The maximum atomic E-state index is 11.7. The zero-order valence-corrected chi connectivity index (χ0v) is 11.3. The van der Waals surface area contributed by atoms with Crippen LogP contribution in [0.15, 0.2) is 12.1 Å². The summed E-state index contributed by atoms with van der Waals surface area (Å²) in [6.07, 6.45) is 3.16. The zero-order chi connectivity index (χ0) is 12.9. The van der Waals surface area contributed by atoms with Gasteiger partial charge in [-0.25, -0.2) is 4.79 Å². The van der Waals surface area contributed by atoms with Crippen molar-refractivity contribution in [3.63, 3.8) is 0 Å². The predicted molar refractivity (Wildman–Crippen MR) is 68.5 cm³/mol. The molecule has 0 saturated carbocycles. The van der Waals surface area contributed by atoms with Crippen LogP contribution in [-0.2, 0) is 16.0 Å². The van der Waals surface area contributed by atoms with Crippen LogP contribution in [0.1, 0.15) is 48.2 Å². The van der Waals surface area contributed by atoms with Gasteiger partial charge >= 0.3 is 5.97 Å². The first kappa shape index (κ1) is 13.9. The fourth-order valence-electron chi connectivity index (χ4n) is 1.31. The molecule has 0 radical (unpaired) electrons. The van der Waals surface area contributed by atoms with Gasteiger partial charge in [-0.3, -0.25) is 0 Å². The van der Waals surface area contributed by atoms with Crippen molar-refractivity contribution in [1.82, 2.24) is 0 Å². The molecule has 94 valence electrons. The van der Waals surface area contributed by atoms with Gasteiger partial charge in [-0.1, -0.05) is 0 Å². The van der Waals surface area contributed by atoms with Crippen molar-refractivity contribution in [1.29, 1.82) is 0 Å². The molecule has 0 unspecified atom stereocenters. The molecule has 3 nitrogen and oxygen atoms in total. The van der Waals surface area contributed by atoms with Gasteiger partial charge in [0.1, 0.15) is 16.8 Å². The van der Waals surface area contributed by atoms with Gasteiger partial charge in [0.2, 0.25) is 0 Å². The number of ether oxygens (including phenoxy) is 1. The average Bonchev–Trinajstić information content (AvgIpc) is 2.64. The Morgan fingerprint density at radius 3 is 2.71 bits per heavy atom. The van der Waals surface area contributed by atoms with Gasteiger partial charge in [-0.2, -0.15) is 0 Å². The Morgan fingerprint density at radius 1 is 1.41 bits per heavy atom. The minimum Gasteiger partial charge on any atom is -0.456 e. The fourth-order valence-corrected chi connectivity index (χ4v) is 2.24. The molecule has 1 aromatic rings. The van der Waals surface area contributed by atoms with E-state index in [0.29, 0.717) is 11.3 Å². The molecule has 17 heavy (non-hydrogen) atoms. The molecule has 0 aliphatic heterocycles. The van der Waals surface area contributed by atoms with Gasteiger partial charge in [0, 0.05) is 11.3 Å². The summed E-state index contributed by atoms with van der Waals surface area (Å²) in [6, 6.07) is 3.71. The van der Waals surface area contributed by atoms with E-state index in [-0.39, 0.29) is 5.97 Å². The predicted octanol–water partition coefficient (Wildman–Crippen LogP) is 3.23. The largest absolute Gasteiger partial charge is 0.456 e. The van der Waals surface area contributed by atoms with E-state index < -0.39 is 5.60 Å². The van der Waals surface area contributed by atoms with Gasteiger partial charge in [0.25, 0.3) is 0 Å². The van der Waals surface area contributed by atoms with Crippen molar-refractivity contribution in [2.75, 3.05) is 0 Å². The van der Waals surface area contributed by atoms with E-state index in [9.17, 15) is 9.59 Å². The highest BCUT2D eigenvalue weighted by Gasteiger charge is 2.19. The third-order valence-corrected chi connectivity index (χ3v) is 3.13. The van der Waals surface area contributed by atoms with Crippen molar-refractivity contribution in [3.8, 4) is 0 Å². The average molecular weight is 254 g/mol. The zero-order valence-electron chi connectivity index (χ0n) is 10.5. The number of aldehydes is 1. The molecule has 0 aliphatic carbocycles. The van der Waals surface area contributed by atoms with Gasteiger partial charge in [0.15, 0.2) is 0 Å². The summed E-state index contributed by atoms with van der Waals surface area (Å²) in [5.41, 5.74) is -0.460. The molecule has 0 N–H and O–H groups in total. The molecule has 0 saturated heterocycles. The van der Waals surface area contributed by atoms with Crippen LogP contribution in [0.3, 0.4) is 0 Å². The molecule has 4 heteroatoms. The number of thiophene rings is 1. The summed E-state index contributed by atoms with van der Waals surface area (Å²) in [6.45, 7) is 5.55. The molecule has 0 spiro atoms. The SMILES string of the molecule is CC(C)(C)OC(=O)c1ccc(CCCC=O)s1. The van der Waals surface area contributed by atoms with E-state index >= 15 is 0 Å². The smallest absolute Gasteiger partial charge is 0.348 e. The number of aryl methyl sites for hydroxylation is 1. The highest BCUT2D eigenvalue weighted by Crippen LogP contribution is 2.21. The molecular weight excluding hydrogens is 236 g/mol. The maximum absolute atomic E-state index is 11.7. The Labute approximate surface area is 106 Å². The Balaban J connectivity index is 2.55. The first-order chi connectivity index (χ1) is 7.92. The van der Waals surface area contributed by atoms with E-state index in [2.05, 4.69) is 0 Å². The summed E-state index contributed by atoms with van der Waals surface area (Å²) in [7, 11) is 0. The Morgan fingerprint density at radius 2 is 2.12 bits per heavy atom. The quantitative estimate of drug-likeness (QED) is 0.460. The van der Waals surface area contributed by atoms with Crippen molar-refractivity contribution < 1.29 is 14.3 Å². The lowest BCUT2D eigenvalue weighted by atomic mass is 10.2. The third kappa shape index (κ3) is 5.13. The number of hydrogen-bond acceptors (Lipinski definition) is 4. The minimum atomic E-state index is -0.460. The van der Waals surface area contributed by atoms with Crippen LogP contribution < -0.4 is 0 Å². The number of carbonyl (C=O) groups is 2. The van der Waals surface area contributed by atoms with Crippen LogP contribution in [-0.4, -0.2) is 17.9 Å². The molecule has 0 aliphatic rings. The summed E-state index contributed by atoms with van der Waals surface area (Å²) < 4.78 is 5.28. The monoisotopic (exact) mass is 254 g/mol. The molecular formula is C13H18O3S. The Hall–Kier alpha value is -1.16. The topological polar surface area (TPSA) is 43.4 Å². The molecule has 0 fully saturated rings. The van der Waals surface area contributed by atoms with Crippen molar-refractivity contribution in [2.45, 2.75) is 45.6 Å². The summed E-state index contributed by atoms with van der Waals surface area (Å²) in [5, 5.41) is 0. The Kier molecular flexibility index (Phi) is 4.87. The first-order valence-corrected chi connectivity index (χ1v) is 6.50. The van der Waals surface area contributed by atoms with Gasteiger partial charge < -0.3 is 9.53 Å². The van der Waals surface area contributed by atoms with Crippen molar-refractivity contribution in [2.24, 2.45) is 0 Å². The summed E-state index contributed by atoms with van der Waals surface area (Å²) >= 11 is 1.44. The summed E-state index contributed by atoms with van der Waals surface area (Å²) in [4.78, 5) is 23.7. The van der Waals surface area contributed by atoms with Gasteiger partial charge in [-0.05, 0) is 45.7 Å². The standard InChI is InChI=1S/C13H18O3S/c1-13(2,3)16-12(15)11-8-7-10(17-11)6-4-5-9-14/h7-9H,4-6H2,1-3H3. The summed E-state index contributed by atoms with van der Waals surface area (Å²) in [5.74, 6) is -0.274. The van der Waals surface area contributed by atoms with E-state index in [1.54, 1.807) is 6.07 Å². The number of rotatable bonds is 5. The van der Waals surface area contributed by atoms with Crippen molar-refractivity contribution in [3.05, 3.63) is 21.9 Å². The first-order valence-electron chi connectivity index (χ1n) is 5.68. The van der Waals surface area contributed by atoms with Crippen LogP contribution in [0.5, 0.6) is 0 Å². The van der Waals surface area contributed by atoms with Crippen LogP contribution in [0, 0.1) is 0 Å². The van der Waals surface area contributed by atoms with Crippen LogP contribution in [0.4, 0.5) is 0 Å². The Bertz CT molecular complexity index is 388. The van der Waals surface area contributed by atoms with Crippen LogP contribution in [0.25, 0.3) is 0 Å². The molecule has 0 atom stereocenters. The van der Waals surface area contributed by atoms with Crippen LogP contribution in [0.2, 0.25) is 0 Å². The molecule has 1 heterocycles. The normalized spacial score (nSPS) is 11.2. The second-order valence-electron chi connectivity index (χ2n) is 4.83. The lowest BCUT2D eigenvalue weighted by Crippen LogP contribution is -2.23. The lowest BCUT2D eigenvalue weighted by Gasteiger charge is -2.18. The van der Waals surface area contributed by atoms with E-state index in [1.807, 2.05) is 26.8 Å². The highest BCUT2D eigenvalue weighted by atomic mass is 32.1. The molecule has 1 rings (SSSR count). The molecule has 0 bridgehead atoms. The molecule has 1 aromatic heterocycles. The van der Waals surface area contributed by atoms with E-state index in [0.717, 1.165) is 24.0 Å². The number of esters is 1. The maximum Gasteiger partial charge on any atom is 0.348 e. The number of unbranched alkanes of at least 4 members (excludes halogenated alkanes) is 1. The van der Waals surface area contributed by atoms with Crippen molar-refractivity contribution >= 4 is 23.6 Å². The second-order valence-corrected chi connectivity index (χ2v) is 6.00. The fraction of sp³-hybridized carbons (Fsp3) is 0.538. The number of hydrogen-bond donors (Lipinski definition) is 0. The number of carbonyl (C=O) groups excluding carboxylic acids is 2. The third-order valence-electron chi connectivity index (χ3n) is 2.01. The molecule has 0 amide bonds. The highest BCUT2D eigenvalue weighted by molar-refractivity contribution is 7.13. The lowest BCUT2D eigenvalue weighted by molar-refractivity contribution is -0.107. The molecule has 0 aromatic carbocycles. The van der Waals surface area contributed by atoms with Gasteiger partial charge in [-0.15, -0.1) is 11.3 Å². The van der Waals surface area contributed by atoms with E-state index in [1.165, 1.54) is 11.3 Å². The minimum absolute atomic E-state index is 0.274. The van der Waals surface area contributed by atoms with Crippen LogP contribution >= 0.6 is 11.3 Å².